The van der Waals surface area contributed by atoms with Crippen LogP contribution < -0.4 is 5.32 Å². The maximum atomic E-state index is 13.1. The first-order valence-electron chi connectivity index (χ1n) is 7.17. The molecule has 1 aliphatic rings. The van der Waals surface area contributed by atoms with Crippen molar-refractivity contribution >= 4 is 0 Å². The topological polar surface area (TPSA) is 12.0 Å². The van der Waals surface area contributed by atoms with E-state index in [2.05, 4.69) is 12.2 Å². The van der Waals surface area contributed by atoms with E-state index in [1.165, 1.54) is 31.2 Å². The number of rotatable bonds is 6. The molecule has 0 saturated heterocycles. The molecule has 1 unspecified atom stereocenters. The predicted octanol–water partition coefficient (Wildman–Crippen LogP) is 3.84. The van der Waals surface area contributed by atoms with Gasteiger partial charge in [-0.25, -0.2) is 4.39 Å². The molecule has 1 N–H and O–H groups in total. The van der Waals surface area contributed by atoms with Gasteiger partial charge in [0.1, 0.15) is 5.82 Å². The highest BCUT2D eigenvalue weighted by Crippen LogP contribution is 2.31. The highest BCUT2D eigenvalue weighted by molar-refractivity contribution is 5.27. The second-order valence-electron chi connectivity index (χ2n) is 5.56. The standard InChI is InChI=1S/C16H24FN/c1-3-18-16(10-13-5-4-6-13)11-14-7-8-15(17)9-12(14)2/h7-9,13,16,18H,3-6,10-11H2,1-2H3. The molecule has 1 aliphatic carbocycles. The molecular weight excluding hydrogens is 225 g/mol. The lowest BCUT2D eigenvalue weighted by molar-refractivity contribution is 0.260. The molecule has 0 spiro atoms. The van der Waals surface area contributed by atoms with Gasteiger partial charge in [0.2, 0.25) is 0 Å². The Labute approximate surface area is 110 Å². The van der Waals surface area contributed by atoms with Crippen molar-refractivity contribution in [3.05, 3.63) is 35.1 Å². The van der Waals surface area contributed by atoms with Crippen molar-refractivity contribution in [2.24, 2.45) is 5.92 Å². The van der Waals surface area contributed by atoms with Crippen LogP contribution in [0.15, 0.2) is 18.2 Å². The molecule has 0 aliphatic heterocycles. The van der Waals surface area contributed by atoms with Crippen molar-refractivity contribution in [2.45, 2.75) is 52.0 Å². The highest BCUT2D eigenvalue weighted by Gasteiger charge is 2.22. The Hall–Kier alpha value is -0.890. The third kappa shape index (κ3) is 3.55. The summed E-state index contributed by atoms with van der Waals surface area (Å²) in [5.74, 6) is 0.782. The number of nitrogens with one attached hydrogen (secondary N) is 1. The molecule has 1 atom stereocenters. The van der Waals surface area contributed by atoms with Gasteiger partial charge in [-0.15, -0.1) is 0 Å². The van der Waals surface area contributed by atoms with Crippen LogP contribution in [0.25, 0.3) is 0 Å². The second kappa shape index (κ2) is 6.33. The van der Waals surface area contributed by atoms with Crippen LogP contribution >= 0.6 is 0 Å². The molecular formula is C16H24FN. The van der Waals surface area contributed by atoms with E-state index in [-0.39, 0.29) is 5.82 Å². The summed E-state index contributed by atoms with van der Waals surface area (Å²) in [6, 6.07) is 5.70. The Balaban J connectivity index is 1.97. The van der Waals surface area contributed by atoms with Gasteiger partial charge in [0.15, 0.2) is 0 Å². The summed E-state index contributed by atoms with van der Waals surface area (Å²) in [5.41, 5.74) is 2.35. The quantitative estimate of drug-likeness (QED) is 0.807. The van der Waals surface area contributed by atoms with Gasteiger partial charge in [0.05, 0.1) is 0 Å². The number of hydrogen-bond donors (Lipinski definition) is 1. The fourth-order valence-corrected chi connectivity index (χ4v) is 2.81. The molecule has 0 heterocycles. The van der Waals surface area contributed by atoms with Crippen molar-refractivity contribution in [1.29, 1.82) is 0 Å². The normalized spacial score (nSPS) is 17.5. The summed E-state index contributed by atoms with van der Waals surface area (Å²) in [7, 11) is 0. The lowest BCUT2D eigenvalue weighted by atomic mass is 9.79. The number of hydrogen-bond acceptors (Lipinski definition) is 1. The first-order chi connectivity index (χ1) is 8.69. The summed E-state index contributed by atoms with van der Waals surface area (Å²) in [6.45, 7) is 5.17. The smallest absolute Gasteiger partial charge is 0.123 e. The molecule has 0 aromatic heterocycles. The van der Waals surface area contributed by atoms with Gasteiger partial charge in [-0.2, -0.15) is 0 Å². The minimum Gasteiger partial charge on any atom is -0.314 e. The van der Waals surface area contributed by atoms with E-state index in [4.69, 9.17) is 0 Å². The molecule has 1 fully saturated rings. The largest absolute Gasteiger partial charge is 0.314 e. The van der Waals surface area contributed by atoms with Gasteiger partial charge in [-0.05, 0) is 55.5 Å². The minimum absolute atomic E-state index is 0.129. The van der Waals surface area contributed by atoms with Crippen LogP contribution in [0.4, 0.5) is 4.39 Å². The summed E-state index contributed by atoms with van der Waals surface area (Å²) in [6.07, 6.45) is 6.48. The lowest BCUT2D eigenvalue weighted by Crippen LogP contribution is -2.34. The molecule has 1 aromatic rings. The van der Waals surface area contributed by atoms with E-state index in [1.54, 1.807) is 12.1 Å². The van der Waals surface area contributed by atoms with Gasteiger partial charge >= 0.3 is 0 Å². The zero-order valence-corrected chi connectivity index (χ0v) is 11.5. The fraction of sp³-hybridized carbons (Fsp3) is 0.625. The first-order valence-corrected chi connectivity index (χ1v) is 7.17. The average molecular weight is 249 g/mol. The molecule has 2 rings (SSSR count). The summed E-state index contributed by atoms with van der Waals surface area (Å²) >= 11 is 0. The molecule has 100 valence electrons. The van der Waals surface area contributed by atoms with Crippen molar-refractivity contribution in [1.82, 2.24) is 5.32 Å². The molecule has 1 saturated carbocycles. The van der Waals surface area contributed by atoms with Crippen LogP contribution in [0.1, 0.15) is 43.7 Å². The monoisotopic (exact) mass is 249 g/mol. The van der Waals surface area contributed by atoms with Crippen molar-refractivity contribution in [3.8, 4) is 0 Å². The second-order valence-corrected chi connectivity index (χ2v) is 5.56. The SMILES string of the molecule is CCNC(Cc1ccc(F)cc1C)CC1CCC1. The Kier molecular flexibility index (Phi) is 4.76. The Bertz CT molecular complexity index is 385. The van der Waals surface area contributed by atoms with Crippen LogP contribution in [0.5, 0.6) is 0 Å². The molecule has 0 radical (unpaired) electrons. The summed E-state index contributed by atoms with van der Waals surface area (Å²) in [4.78, 5) is 0. The molecule has 1 nitrogen and oxygen atoms in total. The van der Waals surface area contributed by atoms with E-state index in [0.717, 1.165) is 24.4 Å². The van der Waals surface area contributed by atoms with Gasteiger partial charge < -0.3 is 5.32 Å². The molecule has 2 heteroatoms. The third-order valence-corrected chi connectivity index (χ3v) is 4.11. The van der Waals surface area contributed by atoms with Gasteiger partial charge in [0, 0.05) is 6.04 Å². The molecule has 18 heavy (non-hydrogen) atoms. The Morgan fingerprint density at radius 3 is 2.72 bits per heavy atom. The van der Waals surface area contributed by atoms with E-state index < -0.39 is 0 Å². The van der Waals surface area contributed by atoms with E-state index in [9.17, 15) is 4.39 Å². The highest BCUT2D eigenvalue weighted by atomic mass is 19.1. The lowest BCUT2D eigenvalue weighted by Gasteiger charge is -2.30. The van der Waals surface area contributed by atoms with Crippen LogP contribution in [0.2, 0.25) is 0 Å². The zero-order valence-electron chi connectivity index (χ0n) is 11.5. The van der Waals surface area contributed by atoms with E-state index in [1.807, 2.05) is 13.0 Å². The third-order valence-electron chi connectivity index (χ3n) is 4.11. The van der Waals surface area contributed by atoms with Crippen molar-refractivity contribution in [2.75, 3.05) is 6.54 Å². The van der Waals surface area contributed by atoms with Crippen molar-refractivity contribution in [3.63, 3.8) is 0 Å². The van der Waals surface area contributed by atoms with Gasteiger partial charge in [-0.3, -0.25) is 0 Å². The number of benzene rings is 1. The maximum absolute atomic E-state index is 13.1. The van der Waals surface area contributed by atoms with E-state index in [0.29, 0.717) is 6.04 Å². The predicted molar refractivity (Wildman–Crippen MR) is 74.3 cm³/mol. The van der Waals surface area contributed by atoms with Crippen LogP contribution in [-0.4, -0.2) is 12.6 Å². The zero-order chi connectivity index (χ0) is 13.0. The molecule has 1 aromatic carbocycles. The van der Waals surface area contributed by atoms with Gasteiger partial charge in [0.25, 0.3) is 0 Å². The summed E-state index contributed by atoms with van der Waals surface area (Å²) < 4.78 is 13.1. The first kappa shape index (κ1) is 13.5. The minimum atomic E-state index is -0.129. The van der Waals surface area contributed by atoms with Crippen LogP contribution in [0.3, 0.4) is 0 Å². The van der Waals surface area contributed by atoms with Gasteiger partial charge in [-0.1, -0.05) is 32.3 Å². The number of halogens is 1. The van der Waals surface area contributed by atoms with Crippen molar-refractivity contribution < 1.29 is 4.39 Å². The maximum Gasteiger partial charge on any atom is 0.123 e. The fourth-order valence-electron chi connectivity index (χ4n) is 2.81. The number of likely N-dealkylation sites (N-methyl/N-ethyl adjacent to an activating group) is 1. The van der Waals surface area contributed by atoms with Crippen LogP contribution in [0, 0.1) is 18.7 Å². The molecule has 0 bridgehead atoms. The Morgan fingerprint density at radius 2 is 2.17 bits per heavy atom. The van der Waals surface area contributed by atoms with Crippen LogP contribution in [-0.2, 0) is 6.42 Å². The Morgan fingerprint density at radius 1 is 1.39 bits per heavy atom. The summed E-state index contributed by atoms with van der Waals surface area (Å²) in [5, 5.41) is 3.58. The number of aryl methyl sites for hydroxylation is 1. The average Bonchev–Trinajstić information content (AvgIpc) is 2.27. The molecule has 0 amide bonds. The van der Waals surface area contributed by atoms with E-state index >= 15 is 0 Å².